The van der Waals surface area contributed by atoms with E-state index in [1.807, 2.05) is 0 Å². The second-order valence-electron chi connectivity index (χ2n) is 5.94. The van der Waals surface area contributed by atoms with Gasteiger partial charge in [-0.15, -0.1) is 0 Å². The number of hydrogen-bond acceptors (Lipinski definition) is 2. The van der Waals surface area contributed by atoms with Gasteiger partial charge >= 0.3 is 0 Å². The average Bonchev–Trinajstić information content (AvgIpc) is 2.34. The van der Waals surface area contributed by atoms with Crippen molar-refractivity contribution in [1.29, 1.82) is 0 Å². The zero-order valence-corrected chi connectivity index (χ0v) is 12.0. The summed E-state index contributed by atoms with van der Waals surface area (Å²) in [6, 6.07) is 0.670. The topological polar surface area (TPSA) is 21.3 Å². The molecule has 17 heavy (non-hydrogen) atoms. The molecule has 0 unspecified atom stereocenters. The van der Waals surface area contributed by atoms with Gasteiger partial charge in [0.05, 0.1) is 6.61 Å². The van der Waals surface area contributed by atoms with Crippen molar-refractivity contribution in [1.82, 2.24) is 5.32 Å². The van der Waals surface area contributed by atoms with Crippen molar-refractivity contribution < 1.29 is 4.74 Å². The molecule has 0 aromatic carbocycles. The van der Waals surface area contributed by atoms with Crippen LogP contribution in [0.4, 0.5) is 0 Å². The normalized spacial score (nSPS) is 19.8. The second kappa shape index (κ2) is 8.93. The van der Waals surface area contributed by atoms with Crippen LogP contribution in [0.3, 0.4) is 0 Å². The monoisotopic (exact) mass is 241 g/mol. The largest absolute Gasteiger partial charge is 0.380 e. The van der Waals surface area contributed by atoms with Crippen molar-refractivity contribution in [3.05, 3.63) is 0 Å². The van der Waals surface area contributed by atoms with Gasteiger partial charge in [-0.2, -0.15) is 0 Å². The smallest absolute Gasteiger partial charge is 0.0591 e. The van der Waals surface area contributed by atoms with Gasteiger partial charge in [0.2, 0.25) is 0 Å². The van der Waals surface area contributed by atoms with Gasteiger partial charge in [0.1, 0.15) is 0 Å². The van der Waals surface area contributed by atoms with Gasteiger partial charge in [-0.25, -0.2) is 0 Å². The van der Waals surface area contributed by atoms with Crippen molar-refractivity contribution in [3.8, 4) is 0 Å². The van der Waals surface area contributed by atoms with E-state index in [0.717, 1.165) is 31.6 Å². The first-order valence-corrected chi connectivity index (χ1v) is 7.51. The summed E-state index contributed by atoms with van der Waals surface area (Å²) in [5.74, 6) is 1.66. The summed E-state index contributed by atoms with van der Waals surface area (Å²) in [7, 11) is 0. The third-order valence-corrected chi connectivity index (χ3v) is 3.91. The maximum absolute atomic E-state index is 5.62. The van der Waals surface area contributed by atoms with Crippen molar-refractivity contribution in [2.24, 2.45) is 11.8 Å². The predicted molar refractivity (Wildman–Crippen MR) is 74.3 cm³/mol. The molecule has 0 aromatic heterocycles. The summed E-state index contributed by atoms with van der Waals surface area (Å²) in [6.07, 6.45) is 8.33. The third-order valence-electron chi connectivity index (χ3n) is 3.91. The van der Waals surface area contributed by atoms with Gasteiger partial charge in [-0.1, -0.05) is 33.1 Å². The van der Waals surface area contributed by atoms with Crippen LogP contribution in [0.5, 0.6) is 0 Å². The highest BCUT2D eigenvalue weighted by atomic mass is 16.5. The summed E-state index contributed by atoms with van der Waals surface area (Å²) in [6.45, 7) is 9.61. The third kappa shape index (κ3) is 7.05. The summed E-state index contributed by atoms with van der Waals surface area (Å²) in [4.78, 5) is 0. The van der Waals surface area contributed by atoms with Crippen LogP contribution in [-0.4, -0.2) is 25.8 Å². The summed E-state index contributed by atoms with van der Waals surface area (Å²) in [5.41, 5.74) is 0. The molecule has 0 bridgehead atoms. The molecule has 2 heteroatoms. The van der Waals surface area contributed by atoms with Gasteiger partial charge in [0, 0.05) is 19.2 Å². The Morgan fingerprint density at radius 2 is 1.76 bits per heavy atom. The number of hydrogen-bond donors (Lipinski definition) is 1. The Hall–Kier alpha value is -0.0800. The fourth-order valence-electron chi connectivity index (χ4n) is 2.58. The van der Waals surface area contributed by atoms with Crippen LogP contribution in [0, 0.1) is 11.8 Å². The first-order valence-electron chi connectivity index (χ1n) is 7.51. The van der Waals surface area contributed by atoms with Crippen molar-refractivity contribution in [2.75, 3.05) is 19.8 Å². The van der Waals surface area contributed by atoms with E-state index in [1.54, 1.807) is 0 Å². The minimum atomic E-state index is 0.670. The van der Waals surface area contributed by atoms with E-state index in [-0.39, 0.29) is 0 Å². The second-order valence-corrected chi connectivity index (χ2v) is 5.94. The standard InChI is InChI=1S/C15H31NO/c1-13(2)9-11-17-12-10-16-14(3)15-7-5-4-6-8-15/h13-16H,4-12H2,1-3H3/t14-/m1/s1. The molecule has 1 saturated carbocycles. The summed E-state index contributed by atoms with van der Waals surface area (Å²) < 4.78 is 5.62. The number of nitrogens with one attached hydrogen (secondary N) is 1. The van der Waals surface area contributed by atoms with E-state index in [0.29, 0.717) is 6.04 Å². The molecule has 1 aliphatic rings. The van der Waals surface area contributed by atoms with E-state index < -0.39 is 0 Å². The molecule has 0 radical (unpaired) electrons. The lowest BCUT2D eigenvalue weighted by atomic mass is 9.84. The van der Waals surface area contributed by atoms with Crippen molar-refractivity contribution in [2.45, 2.75) is 65.3 Å². The maximum Gasteiger partial charge on any atom is 0.0591 e. The van der Waals surface area contributed by atoms with Crippen LogP contribution < -0.4 is 5.32 Å². The first kappa shape index (κ1) is 15.0. The molecule has 0 saturated heterocycles. The molecule has 0 heterocycles. The quantitative estimate of drug-likeness (QED) is 0.656. The molecule has 0 aliphatic heterocycles. The maximum atomic E-state index is 5.62. The Morgan fingerprint density at radius 3 is 2.41 bits per heavy atom. The highest BCUT2D eigenvalue weighted by Crippen LogP contribution is 2.26. The van der Waals surface area contributed by atoms with E-state index >= 15 is 0 Å². The highest BCUT2D eigenvalue weighted by molar-refractivity contribution is 4.75. The number of rotatable bonds is 8. The van der Waals surface area contributed by atoms with Crippen molar-refractivity contribution in [3.63, 3.8) is 0 Å². The Labute approximate surface area is 108 Å². The SMILES string of the molecule is CC(C)CCOCCN[C@H](C)C1CCCCC1. The fraction of sp³-hybridized carbons (Fsp3) is 1.00. The molecule has 1 atom stereocenters. The van der Waals surface area contributed by atoms with Crippen molar-refractivity contribution >= 4 is 0 Å². The van der Waals surface area contributed by atoms with Gasteiger partial charge in [0.15, 0.2) is 0 Å². The van der Waals surface area contributed by atoms with E-state index in [9.17, 15) is 0 Å². The Bertz CT molecular complexity index is 176. The number of ether oxygens (including phenoxy) is 1. The van der Waals surface area contributed by atoms with Crippen LogP contribution in [0.2, 0.25) is 0 Å². The van der Waals surface area contributed by atoms with Crippen LogP contribution in [0.25, 0.3) is 0 Å². The van der Waals surface area contributed by atoms with Gasteiger partial charge < -0.3 is 10.1 Å². The zero-order valence-electron chi connectivity index (χ0n) is 12.0. The van der Waals surface area contributed by atoms with Crippen LogP contribution >= 0.6 is 0 Å². The molecule has 0 aromatic rings. The van der Waals surface area contributed by atoms with Crippen LogP contribution in [0.1, 0.15) is 59.3 Å². The summed E-state index contributed by atoms with van der Waals surface area (Å²) >= 11 is 0. The van der Waals surface area contributed by atoms with E-state index in [2.05, 4.69) is 26.1 Å². The predicted octanol–water partition coefficient (Wildman–Crippen LogP) is 3.61. The molecule has 1 rings (SSSR count). The van der Waals surface area contributed by atoms with Crippen LogP contribution in [-0.2, 0) is 4.74 Å². The molecular formula is C15H31NO. The molecule has 102 valence electrons. The van der Waals surface area contributed by atoms with Gasteiger partial charge in [0.25, 0.3) is 0 Å². The molecular weight excluding hydrogens is 210 g/mol. The molecule has 2 nitrogen and oxygen atoms in total. The minimum absolute atomic E-state index is 0.670. The van der Waals surface area contributed by atoms with E-state index in [1.165, 1.54) is 38.5 Å². The first-order chi connectivity index (χ1) is 8.20. The molecule has 0 amide bonds. The lowest BCUT2D eigenvalue weighted by Gasteiger charge is -2.28. The average molecular weight is 241 g/mol. The molecule has 1 N–H and O–H groups in total. The zero-order chi connectivity index (χ0) is 12.5. The lowest BCUT2D eigenvalue weighted by Crippen LogP contribution is -2.36. The Balaban J connectivity index is 1.94. The lowest BCUT2D eigenvalue weighted by molar-refractivity contribution is 0.120. The minimum Gasteiger partial charge on any atom is -0.380 e. The van der Waals surface area contributed by atoms with Gasteiger partial charge in [-0.05, 0) is 38.0 Å². The fourth-order valence-corrected chi connectivity index (χ4v) is 2.58. The van der Waals surface area contributed by atoms with Gasteiger partial charge in [-0.3, -0.25) is 0 Å². The molecule has 1 aliphatic carbocycles. The molecule has 1 fully saturated rings. The Kier molecular flexibility index (Phi) is 7.87. The van der Waals surface area contributed by atoms with Crippen LogP contribution in [0.15, 0.2) is 0 Å². The summed E-state index contributed by atoms with van der Waals surface area (Å²) in [5, 5.41) is 3.62. The molecule has 0 spiro atoms. The van der Waals surface area contributed by atoms with E-state index in [4.69, 9.17) is 4.74 Å². The Morgan fingerprint density at radius 1 is 1.06 bits per heavy atom. The highest BCUT2D eigenvalue weighted by Gasteiger charge is 2.18.